The minimum absolute atomic E-state index is 0.755. The number of rotatable bonds is 6. The standard InChI is InChI=1S/C18H32O16/c19-1-3-5(21)6(22)13(29)17(31-3)33-15-4(2-20)32-18(14(30)12(15)28)34-16-10(26)8(24)7(23)9(25)11(16)27/h3-30H,1-2H2/t3-,4-,5+,6+,7?,8-,9+,10-,11-,12-,13-,14-,15+,16?,17+,18+/m1/s1. The molecule has 0 amide bonds. The first-order valence-corrected chi connectivity index (χ1v) is 10.6. The van der Waals surface area contributed by atoms with Gasteiger partial charge in [-0.25, -0.2) is 0 Å². The van der Waals surface area contributed by atoms with Crippen LogP contribution in [-0.2, 0) is 18.9 Å². The predicted molar refractivity (Wildman–Crippen MR) is 101 cm³/mol. The SMILES string of the molecule is OC[C@H]1O[C@@H](O[C@@H]2[C@H](O)[C@@H](O)[C@H](OC3[C@H](O)[C@H](O)C(O)[C@H](O)[C@H]3O)O[C@@H]2CO)[C@H](O)[C@@H](O)[C@H]1O. The molecular weight excluding hydrogens is 472 g/mol. The van der Waals surface area contributed by atoms with E-state index in [4.69, 9.17) is 18.9 Å². The Bertz CT molecular complexity index is 635. The molecule has 2 aliphatic heterocycles. The molecule has 200 valence electrons. The van der Waals surface area contributed by atoms with E-state index in [2.05, 4.69) is 0 Å². The van der Waals surface area contributed by atoms with Gasteiger partial charge in [-0.1, -0.05) is 0 Å². The Balaban J connectivity index is 1.72. The third-order valence-electron chi connectivity index (χ3n) is 6.32. The quantitative estimate of drug-likeness (QED) is 0.160. The second-order valence-corrected chi connectivity index (χ2v) is 8.56. The topological polar surface area (TPSA) is 280 Å². The fourth-order valence-electron chi connectivity index (χ4n) is 4.18. The van der Waals surface area contributed by atoms with Gasteiger partial charge in [0.05, 0.1) is 13.2 Å². The summed E-state index contributed by atoms with van der Waals surface area (Å²) >= 11 is 0. The highest BCUT2D eigenvalue weighted by molar-refractivity contribution is 5.01. The minimum atomic E-state index is -1.97. The molecule has 0 aromatic carbocycles. The van der Waals surface area contributed by atoms with Crippen molar-refractivity contribution >= 4 is 0 Å². The Labute approximate surface area is 192 Å². The van der Waals surface area contributed by atoms with Crippen molar-refractivity contribution in [3.05, 3.63) is 0 Å². The van der Waals surface area contributed by atoms with E-state index in [1.807, 2.05) is 0 Å². The van der Waals surface area contributed by atoms with Gasteiger partial charge in [-0.05, 0) is 0 Å². The third-order valence-corrected chi connectivity index (χ3v) is 6.32. The molecule has 1 aliphatic carbocycles. The molecule has 0 aromatic rings. The molecule has 34 heavy (non-hydrogen) atoms. The zero-order valence-corrected chi connectivity index (χ0v) is 17.7. The molecule has 0 radical (unpaired) electrons. The Morgan fingerprint density at radius 1 is 0.412 bits per heavy atom. The van der Waals surface area contributed by atoms with E-state index in [-0.39, 0.29) is 0 Å². The Hall–Kier alpha value is -0.640. The first-order valence-electron chi connectivity index (χ1n) is 10.6. The molecule has 2 saturated heterocycles. The van der Waals surface area contributed by atoms with E-state index < -0.39 is 111 Å². The smallest absolute Gasteiger partial charge is 0.187 e. The highest BCUT2D eigenvalue weighted by atomic mass is 16.7. The first-order chi connectivity index (χ1) is 15.9. The zero-order valence-electron chi connectivity index (χ0n) is 17.7. The second-order valence-electron chi connectivity index (χ2n) is 8.56. The summed E-state index contributed by atoms with van der Waals surface area (Å²) in [5, 5.41) is 119. The van der Waals surface area contributed by atoms with Gasteiger partial charge in [-0.3, -0.25) is 0 Å². The van der Waals surface area contributed by atoms with Crippen molar-refractivity contribution in [3.8, 4) is 0 Å². The van der Waals surface area contributed by atoms with Crippen molar-refractivity contribution in [1.82, 2.24) is 0 Å². The van der Waals surface area contributed by atoms with Gasteiger partial charge >= 0.3 is 0 Å². The lowest BCUT2D eigenvalue weighted by Crippen LogP contribution is -2.68. The molecule has 16 nitrogen and oxygen atoms in total. The van der Waals surface area contributed by atoms with E-state index >= 15 is 0 Å². The molecule has 0 spiro atoms. The minimum Gasteiger partial charge on any atom is -0.394 e. The lowest BCUT2D eigenvalue weighted by molar-refractivity contribution is -0.371. The average molecular weight is 504 g/mol. The van der Waals surface area contributed by atoms with Gasteiger partial charge in [0.1, 0.15) is 85.5 Å². The zero-order chi connectivity index (χ0) is 25.5. The number of aliphatic hydroxyl groups is 12. The van der Waals surface area contributed by atoms with Gasteiger partial charge in [0.25, 0.3) is 0 Å². The first kappa shape index (κ1) is 27.9. The summed E-state index contributed by atoms with van der Waals surface area (Å²) in [5.41, 5.74) is 0. The maximum atomic E-state index is 10.6. The lowest BCUT2D eigenvalue weighted by Gasteiger charge is -2.48. The van der Waals surface area contributed by atoms with Gasteiger partial charge in [-0.2, -0.15) is 0 Å². The summed E-state index contributed by atoms with van der Waals surface area (Å²) < 4.78 is 21.2. The molecule has 0 bridgehead atoms. The number of aliphatic hydroxyl groups excluding tert-OH is 12. The number of hydrogen-bond donors (Lipinski definition) is 12. The van der Waals surface area contributed by atoms with Crippen molar-refractivity contribution in [3.63, 3.8) is 0 Å². The number of ether oxygens (including phenoxy) is 4. The highest BCUT2D eigenvalue weighted by Crippen LogP contribution is 2.32. The van der Waals surface area contributed by atoms with E-state index in [0.29, 0.717) is 0 Å². The Kier molecular flexibility index (Phi) is 9.18. The molecule has 2 unspecified atom stereocenters. The van der Waals surface area contributed by atoms with Crippen LogP contribution in [0.15, 0.2) is 0 Å². The maximum absolute atomic E-state index is 10.6. The van der Waals surface area contributed by atoms with E-state index in [1.165, 1.54) is 0 Å². The molecule has 3 aliphatic rings. The third kappa shape index (κ3) is 5.09. The van der Waals surface area contributed by atoms with Crippen molar-refractivity contribution < 1.29 is 80.2 Å². The molecule has 12 N–H and O–H groups in total. The van der Waals surface area contributed by atoms with Gasteiger partial charge in [0, 0.05) is 0 Å². The molecule has 2 heterocycles. The van der Waals surface area contributed by atoms with Crippen LogP contribution in [0.2, 0.25) is 0 Å². The predicted octanol–water partition coefficient (Wildman–Crippen LogP) is -8.19. The van der Waals surface area contributed by atoms with Crippen molar-refractivity contribution in [2.24, 2.45) is 0 Å². The van der Waals surface area contributed by atoms with Crippen LogP contribution in [0.5, 0.6) is 0 Å². The van der Waals surface area contributed by atoms with Crippen molar-refractivity contribution in [2.45, 2.75) is 98.0 Å². The summed E-state index contributed by atoms with van der Waals surface area (Å²) in [5.74, 6) is 0. The van der Waals surface area contributed by atoms with E-state index in [9.17, 15) is 61.3 Å². The lowest BCUT2D eigenvalue weighted by atomic mass is 9.84. The average Bonchev–Trinajstić information content (AvgIpc) is 2.83. The van der Waals surface area contributed by atoms with Crippen LogP contribution in [0, 0.1) is 0 Å². The van der Waals surface area contributed by atoms with Gasteiger partial charge in [-0.15, -0.1) is 0 Å². The summed E-state index contributed by atoms with van der Waals surface area (Å²) in [6, 6.07) is 0. The molecule has 1 saturated carbocycles. The van der Waals surface area contributed by atoms with Crippen LogP contribution < -0.4 is 0 Å². The normalized spacial score (nSPS) is 54.7. The fourth-order valence-corrected chi connectivity index (χ4v) is 4.18. The summed E-state index contributed by atoms with van der Waals surface area (Å²) in [6.45, 7) is -1.61. The van der Waals surface area contributed by atoms with Crippen LogP contribution >= 0.6 is 0 Å². The van der Waals surface area contributed by atoms with Crippen LogP contribution in [-0.4, -0.2) is 173 Å². The van der Waals surface area contributed by atoms with Gasteiger partial charge in [0.15, 0.2) is 12.6 Å². The van der Waals surface area contributed by atoms with Gasteiger partial charge in [0.2, 0.25) is 0 Å². The largest absolute Gasteiger partial charge is 0.394 e. The maximum Gasteiger partial charge on any atom is 0.187 e. The van der Waals surface area contributed by atoms with Crippen LogP contribution in [0.1, 0.15) is 0 Å². The van der Waals surface area contributed by atoms with Gasteiger partial charge < -0.3 is 80.2 Å². The van der Waals surface area contributed by atoms with Crippen molar-refractivity contribution in [2.75, 3.05) is 13.2 Å². The monoisotopic (exact) mass is 504 g/mol. The fraction of sp³-hybridized carbons (Fsp3) is 1.00. The summed E-state index contributed by atoms with van der Waals surface area (Å²) in [7, 11) is 0. The molecule has 3 rings (SSSR count). The summed E-state index contributed by atoms with van der Waals surface area (Å²) in [4.78, 5) is 0. The Morgan fingerprint density at radius 3 is 1.26 bits per heavy atom. The van der Waals surface area contributed by atoms with Crippen molar-refractivity contribution in [1.29, 1.82) is 0 Å². The summed E-state index contributed by atoms with van der Waals surface area (Å²) in [6.07, 6.45) is -28.6. The molecular formula is C18H32O16. The van der Waals surface area contributed by atoms with Crippen LogP contribution in [0.4, 0.5) is 0 Å². The number of hydrogen-bond acceptors (Lipinski definition) is 16. The molecule has 16 heteroatoms. The van der Waals surface area contributed by atoms with Crippen LogP contribution in [0.3, 0.4) is 0 Å². The highest BCUT2D eigenvalue weighted by Gasteiger charge is 2.54. The van der Waals surface area contributed by atoms with E-state index in [1.54, 1.807) is 0 Å². The molecule has 3 fully saturated rings. The Morgan fingerprint density at radius 2 is 0.765 bits per heavy atom. The second kappa shape index (κ2) is 11.2. The molecule has 16 atom stereocenters. The molecule has 0 aromatic heterocycles. The van der Waals surface area contributed by atoms with Crippen LogP contribution in [0.25, 0.3) is 0 Å². The van der Waals surface area contributed by atoms with E-state index in [0.717, 1.165) is 0 Å².